The van der Waals surface area contributed by atoms with Crippen molar-refractivity contribution in [1.82, 2.24) is 9.78 Å². The highest BCUT2D eigenvalue weighted by Gasteiger charge is 2.29. The van der Waals surface area contributed by atoms with Crippen LogP contribution in [0, 0.1) is 0 Å². The van der Waals surface area contributed by atoms with Crippen LogP contribution in [0.25, 0.3) is 0 Å². The van der Waals surface area contributed by atoms with Gasteiger partial charge in [0.25, 0.3) is 5.56 Å². The third kappa shape index (κ3) is 3.34. The molecule has 2 N–H and O–H groups in total. The smallest absolute Gasteiger partial charge is 0.283 e. The molecule has 0 atom stereocenters. The van der Waals surface area contributed by atoms with Crippen molar-refractivity contribution in [2.45, 2.75) is 31.9 Å². The van der Waals surface area contributed by atoms with Gasteiger partial charge in [0, 0.05) is 39.1 Å². The minimum absolute atomic E-state index is 0.175. The van der Waals surface area contributed by atoms with Gasteiger partial charge in [0.1, 0.15) is 4.47 Å². The first-order valence-electron chi connectivity index (χ1n) is 6.35. The van der Waals surface area contributed by atoms with Gasteiger partial charge < -0.3 is 15.2 Å². The summed E-state index contributed by atoms with van der Waals surface area (Å²) in [5.74, 6) is 0. The van der Waals surface area contributed by atoms with Gasteiger partial charge in [-0.15, -0.1) is 0 Å². The Morgan fingerprint density at radius 1 is 1.58 bits per heavy atom. The van der Waals surface area contributed by atoms with Crippen molar-refractivity contribution >= 4 is 21.6 Å². The monoisotopic (exact) mass is 331 g/mol. The maximum absolute atomic E-state index is 11.9. The molecule has 1 aliphatic heterocycles. The Bertz CT molecular complexity index is 497. The fourth-order valence-corrected chi connectivity index (χ4v) is 2.45. The Balaban J connectivity index is 2.07. The van der Waals surface area contributed by atoms with Crippen molar-refractivity contribution in [2.24, 2.45) is 0 Å². The molecule has 7 heteroatoms. The first-order chi connectivity index (χ1) is 9.06. The highest BCUT2D eigenvalue weighted by Crippen LogP contribution is 2.23. The summed E-state index contributed by atoms with van der Waals surface area (Å²) in [6, 6.07) is 0. The summed E-state index contributed by atoms with van der Waals surface area (Å²) in [4.78, 5) is 11.9. The zero-order valence-corrected chi connectivity index (χ0v) is 12.4. The van der Waals surface area contributed by atoms with Crippen molar-refractivity contribution in [1.29, 1.82) is 0 Å². The molecule has 106 valence electrons. The van der Waals surface area contributed by atoms with E-state index in [9.17, 15) is 9.90 Å². The van der Waals surface area contributed by atoms with Crippen LogP contribution in [0.2, 0.25) is 0 Å². The lowest BCUT2D eigenvalue weighted by Crippen LogP contribution is -2.42. The molecule has 0 bridgehead atoms. The van der Waals surface area contributed by atoms with E-state index in [2.05, 4.69) is 26.3 Å². The lowest BCUT2D eigenvalue weighted by Gasteiger charge is -2.32. The quantitative estimate of drug-likeness (QED) is 0.860. The molecule has 1 fully saturated rings. The molecule has 1 aromatic heterocycles. The summed E-state index contributed by atoms with van der Waals surface area (Å²) >= 11 is 3.27. The lowest BCUT2D eigenvalue weighted by molar-refractivity contribution is -0.0543. The molecule has 1 saturated heterocycles. The van der Waals surface area contributed by atoms with Crippen LogP contribution in [0.15, 0.2) is 15.5 Å². The van der Waals surface area contributed by atoms with Gasteiger partial charge in [-0.2, -0.15) is 5.10 Å². The summed E-state index contributed by atoms with van der Waals surface area (Å²) in [5.41, 5.74) is -0.349. The van der Waals surface area contributed by atoms with Crippen molar-refractivity contribution in [3.05, 3.63) is 21.0 Å². The summed E-state index contributed by atoms with van der Waals surface area (Å²) in [6.45, 7) is 3.90. The van der Waals surface area contributed by atoms with Crippen molar-refractivity contribution in [3.63, 3.8) is 0 Å². The fourth-order valence-electron chi connectivity index (χ4n) is 2.00. The number of aryl methyl sites for hydroxylation is 1. The van der Waals surface area contributed by atoms with Crippen molar-refractivity contribution < 1.29 is 9.84 Å². The second-order valence-electron chi connectivity index (χ2n) is 4.68. The normalized spacial score (nSPS) is 18.3. The Labute approximate surface area is 119 Å². The van der Waals surface area contributed by atoms with E-state index in [4.69, 9.17) is 4.74 Å². The van der Waals surface area contributed by atoms with Crippen LogP contribution in [0.4, 0.5) is 5.69 Å². The summed E-state index contributed by atoms with van der Waals surface area (Å²) in [7, 11) is 0. The zero-order chi connectivity index (χ0) is 13.9. The van der Waals surface area contributed by atoms with Crippen molar-refractivity contribution in [2.75, 3.05) is 25.1 Å². The van der Waals surface area contributed by atoms with Gasteiger partial charge in [0.15, 0.2) is 0 Å². The molecule has 0 saturated carbocycles. The van der Waals surface area contributed by atoms with E-state index in [1.54, 1.807) is 6.20 Å². The third-order valence-electron chi connectivity index (χ3n) is 3.32. The molecule has 2 rings (SSSR count). The van der Waals surface area contributed by atoms with E-state index in [0.717, 1.165) is 0 Å². The number of hydrogen-bond donors (Lipinski definition) is 2. The largest absolute Gasteiger partial charge is 0.388 e. The standard InChI is InChI=1S/C12H18BrN3O3/c1-2-16-11(17)10(13)9(7-15-16)14-8-12(18)3-5-19-6-4-12/h7,14,18H,2-6,8H2,1H3. The molecular formula is C12H18BrN3O3. The maximum Gasteiger partial charge on any atom is 0.283 e. The van der Waals surface area contributed by atoms with Gasteiger partial charge in [0.2, 0.25) is 0 Å². The minimum atomic E-state index is -0.780. The van der Waals surface area contributed by atoms with E-state index in [0.29, 0.717) is 49.3 Å². The Morgan fingerprint density at radius 2 is 2.26 bits per heavy atom. The highest BCUT2D eigenvalue weighted by molar-refractivity contribution is 9.10. The summed E-state index contributed by atoms with van der Waals surface area (Å²) in [5, 5.41) is 17.5. The van der Waals surface area contributed by atoms with Crippen LogP contribution in [0.1, 0.15) is 19.8 Å². The lowest BCUT2D eigenvalue weighted by atomic mass is 9.94. The second kappa shape index (κ2) is 6.02. The van der Waals surface area contributed by atoms with Gasteiger partial charge in [-0.1, -0.05) is 0 Å². The predicted octanol–water partition coefficient (Wildman–Crippen LogP) is 0.979. The molecule has 1 aliphatic rings. The maximum atomic E-state index is 11.9. The van der Waals surface area contributed by atoms with Crippen LogP contribution in [0.5, 0.6) is 0 Å². The molecule has 6 nitrogen and oxygen atoms in total. The summed E-state index contributed by atoms with van der Waals surface area (Å²) in [6.07, 6.45) is 2.78. The van der Waals surface area contributed by atoms with Gasteiger partial charge in [0.05, 0.1) is 17.5 Å². The van der Waals surface area contributed by atoms with Gasteiger partial charge >= 0.3 is 0 Å². The van der Waals surface area contributed by atoms with Crippen molar-refractivity contribution in [3.8, 4) is 0 Å². The Hall–Kier alpha value is -0.920. The topological polar surface area (TPSA) is 76.4 Å². The van der Waals surface area contributed by atoms with Gasteiger partial charge in [-0.25, -0.2) is 4.68 Å². The van der Waals surface area contributed by atoms with Crippen LogP contribution < -0.4 is 10.9 Å². The molecule has 0 unspecified atom stereocenters. The number of nitrogens with one attached hydrogen (secondary N) is 1. The minimum Gasteiger partial charge on any atom is -0.388 e. The molecular weight excluding hydrogens is 314 g/mol. The number of halogens is 1. The molecule has 0 spiro atoms. The van der Waals surface area contributed by atoms with E-state index >= 15 is 0 Å². The number of hydrogen-bond acceptors (Lipinski definition) is 5. The van der Waals surface area contributed by atoms with Crippen LogP contribution >= 0.6 is 15.9 Å². The number of nitrogens with zero attached hydrogens (tertiary/aromatic N) is 2. The SMILES string of the molecule is CCn1ncc(NCC2(O)CCOCC2)c(Br)c1=O. The average molecular weight is 332 g/mol. The van der Waals surface area contributed by atoms with E-state index in [1.807, 2.05) is 6.92 Å². The van der Waals surface area contributed by atoms with Crippen LogP contribution in [0.3, 0.4) is 0 Å². The van der Waals surface area contributed by atoms with Gasteiger partial charge in [-0.05, 0) is 22.9 Å². The first-order valence-corrected chi connectivity index (χ1v) is 7.15. The first kappa shape index (κ1) is 14.5. The molecule has 0 aromatic carbocycles. The highest BCUT2D eigenvalue weighted by atomic mass is 79.9. The average Bonchev–Trinajstić information content (AvgIpc) is 2.41. The van der Waals surface area contributed by atoms with Gasteiger partial charge in [-0.3, -0.25) is 4.79 Å². The number of rotatable bonds is 4. The molecule has 1 aromatic rings. The Morgan fingerprint density at radius 3 is 2.89 bits per heavy atom. The predicted molar refractivity (Wildman–Crippen MR) is 75.4 cm³/mol. The number of ether oxygens (including phenoxy) is 1. The zero-order valence-electron chi connectivity index (χ0n) is 10.9. The Kier molecular flexibility index (Phi) is 4.59. The third-order valence-corrected chi connectivity index (χ3v) is 4.08. The summed E-state index contributed by atoms with van der Waals surface area (Å²) < 4.78 is 7.05. The van der Waals surface area contributed by atoms with E-state index in [-0.39, 0.29) is 5.56 Å². The van der Waals surface area contributed by atoms with E-state index in [1.165, 1.54) is 4.68 Å². The second-order valence-corrected chi connectivity index (χ2v) is 5.48. The van der Waals surface area contributed by atoms with E-state index < -0.39 is 5.60 Å². The fraction of sp³-hybridized carbons (Fsp3) is 0.667. The molecule has 0 radical (unpaired) electrons. The molecule has 2 heterocycles. The molecule has 19 heavy (non-hydrogen) atoms. The van der Waals surface area contributed by atoms with Crippen LogP contribution in [-0.2, 0) is 11.3 Å². The molecule has 0 amide bonds. The number of aliphatic hydroxyl groups is 1. The number of anilines is 1. The number of aromatic nitrogens is 2. The van der Waals surface area contributed by atoms with Crippen LogP contribution in [-0.4, -0.2) is 40.2 Å². The molecule has 0 aliphatic carbocycles.